The molecule has 0 atom stereocenters. The van der Waals surface area contributed by atoms with Crippen molar-refractivity contribution in [2.45, 2.75) is 19.3 Å². The average molecular weight is 285 g/mol. The second-order valence-electron chi connectivity index (χ2n) is 4.08. The topological polar surface area (TPSA) is 46.5 Å². The Hall–Kier alpha value is -1.03. The molecular weight excluding hydrogens is 272 g/mol. The van der Waals surface area contributed by atoms with E-state index >= 15 is 0 Å². The minimum atomic E-state index is -0.839. The first-order chi connectivity index (χ1) is 7.65. The van der Waals surface area contributed by atoms with Crippen molar-refractivity contribution in [2.75, 3.05) is 6.61 Å². The van der Waals surface area contributed by atoms with Gasteiger partial charge in [0.15, 0.2) is 0 Å². The van der Waals surface area contributed by atoms with Gasteiger partial charge in [0.2, 0.25) is 0 Å². The Morgan fingerprint density at radius 1 is 1.50 bits per heavy atom. The van der Waals surface area contributed by atoms with Crippen molar-refractivity contribution in [2.24, 2.45) is 5.92 Å². The fraction of sp³-hybridized carbons (Fsp3) is 0.417. The summed E-state index contributed by atoms with van der Waals surface area (Å²) in [6.07, 6.45) is 2.45. The van der Waals surface area contributed by atoms with Crippen LogP contribution >= 0.6 is 15.9 Å². The van der Waals surface area contributed by atoms with Gasteiger partial charge in [-0.3, -0.25) is 4.79 Å². The number of benzene rings is 1. The molecule has 0 saturated heterocycles. The highest BCUT2D eigenvalue weighted by atomic mass is 79.9. The molecule has 0 unspecified atom stereocenters. The van der Waals surface area contributed by atoms with Crippen molar-refractivity contribution in [3.63, 3.8) is 0 Å². The molecule has 16 heavy (non-hydrogen) atoms. The molecule has 4 heteroatoms. The first kappa shape index (κ1) is 11.5. The summed E-state index contributed by atoms with van der Waals surface area (Å²) in [5.74, 6) is 0.521. The maximum Gasteiger partial charge on any atom is 0.307 e. The highest BCUT2D eigenvalue weighted by Crippen LogP contribution is 2.31. The van der Waals surface area contributed by atoms with Crippen LogP contribution in [0, 0.1) is 5.92 Å². The molecule has 1 aliphatic carbocycles. The van der Waals surface area contributed by atoms with Crippen LogP contribution in [-0.4, -0.2) is 17.7 Å². The van der Waals surface area contributed by atoms with Crippen molar-refractivity contribution < 1.29 is 14.6 Å². The first-order valence-corrected chi connectivity index (χ1v) is 6.07. The summed E-state index contributed by atoms with van der Waals surface area (Å²) in [6.45, 7) is 0.703. The molecule has 3 nitrogen and oxygen atoms in total. The van der Waals surface area contributed by atoms with Crippen LogP contribution < -0.4 is 4.74 Å². The molecule has 0 aromatic heterocycles. The summed E-state index contributed by atoms with van der Waals surface area (Å²) in [4.78, 5) is 10.7. The normalized spacial score (nSPS) is 14.8. The molecule has 0 amide bonds. The lowest BCUT2D eigenvalue weighted by atomic mass is 10.1. The average Bonchev–Trinajstić information content (AvgIpc) is 2.99. The second kappa shape index (κ2) is 4.87. The van der Waals surface area contributed by atoms with E-state index in [0.717, 1.165) is 10.0 Å². The lowest BCUT2D eigenvalue weighted by Gasteiger charge is -2.10. The van der Waals surface area contributed by atoms with E-state index in [1.807, 2.05) is 12.1 Å². The number of hydrogen-bond donors (Lipinski definition) is 1. The number of carboxylic acid groups (broad SMARTS) is 1. The quantitative estimate of drug-likeness (QED) is 0.904. The fourth-order valence-corrected chi connectivity index (χ4v) is 1.89. The molecule has 0 bridgehead atoms. The maximum absolute atomic E-state index is 10.7. The standard InChI is InChI=1S/C12H13BrO3/c13-10-3-4-11(16-7-8-1-2-8)9(5-10)6-12(14)15/h3-5,8H,1-2,6-7H2,(H,14,15). The van der Waals surface area contributed by atoms with E-state index in [2.05, 4.69) is 15.9 Å². The molecule has 1 aromatic carbocycles. The van der Waals surface area contributed by atoms with Gasteiger partial charge in [0, 0.05) is 10.0 Å². The Labute approximate surface area is 103 Å². The van der Waals surface area contributed by atoms with Gasteiger partial charge in [-0.1, -0.05) is 15.9 Å². The summed E-state index contributed by atoms with van der Waals surface area (Å²) in [5, 5.41) is 8.80. The number of carbonyl (C=O) groups is 1. The molecule has 0 aliphatic heterocycles. The predicted molar refractivity (Wildman–Crippen MR) is 63.7 cm³/mol. The Bertz CT molecular complexity index is 399. The van der Waals surface area contributed by atoms with Crippen molar-refractivity contribution in [1.82, 2.24) is 0 Å². The third kappa shape index (κ3) is 3.23. The predicted octanol–water partition coefficient (Wildman–Crippen LogP) is 2.87. The summed E-state index contributed by atoms with van der Waals surface area (Å²) in [6, 6.07) is 5.49. The van der Waals surface area contributed by atoms with Gasteiger partial charge in [0.25, 0.3) is 0 Å². The van der Waals surface area contributed by atoms with Gasteiger partial charge >= 0.3 is 5.97 Å². The third-order valence-corrected chi connectivity index (χ3v) is 3.03. The summed E-state index contributed by atoms with van der Waals surface area (Å²) < 4.78 is 6.51. The number of ether oxygens (including phenoxy) is 1. The van der Waals surface area contributed by atoms with Crippen molar-refractivity contribution in [1.29, 1.82) is 0 Å². The lowest BCUT2D eigenvalue weighted by Crippen LogP contribution is -2.05. The molecule has 1 N–H and O–H groups in total. The van der Waals surface area contributed by atoms with Gasteiger partial charge in [-0.15, -0.1) is 0 Å². The molecule has 1 aliphatic rings. The van der Waals surface area contributed by atoms with E-state index in [9.17, 15) is 4.79 Å². The Balaban J connectivity index is 2.09. The van der Waals surface area contributed by atoms with Gasteiger partial charge in [0.1, 0.15) is 5.75 Å². The molecule has 1 saturated carbocycles. The van der Waals surface area contributed by atoms with Crippen molar-refractivity contribution in [3.05, 3.63) is 28.2 Å². The van der Waals surface area contributed by atoms with Crippen LogP contribution in [0.25, 0.3) is 0 Å². The minimum Gasteiger partial charge on any atom is -0.493 e. The van der Waals surface area contributed by atoms with Gasteiger partial charge in [-0.05, 0) is 37.0 Å². The van der Waals surface area contributed by atoms with Gasteiger partial charge < -0.3 is 9.84 Å². The molecule has 2 rings (SSSR count). The molecule has 1 fully saturated rings. The second-order valence-corrected chi connectivity index (χ2v) is 4.99. The number of rotatable bonds is 5. The van der Waals surface area contributed by atoms with Crippen LogP contribution in [0.4, 0.5) is 0 Å². The smallest absolute Gasteiger partial charge is 0.307 e. The molecule has 0 heterocycles. The third-order valence-electron chi connectivity index (χ3n) is 2.54. The number of aliphatic carboxylic acids is 1. The summed E-state index contributed by atoms with van der Waals surface area (Å²) in [5.41, 5.74) is 0.725. The minimum absolute atomic E-state index is 0.000556. The summed E-state index contributed by atoms with van der Waals surface area (Å²) in [7, 11) is 0. The highest BCUT2D eigenvalue weighted by molar-refractivity contribution is 9.10. The Kier molecular flexibility index (Phi) is 3.49. The van der Waals surface area contributed by atoms with Gasteiger partial charge in [-0.25, -0.2) is 0 Å². The molecule has 1 aromatic rings. The maximum atomic E-state index is 10.7. The van der Waals surface area contributed by atoms with E-state index in [1.165, 1.54) is 12.8 Å². The van der Waals surface area contributed by atoms with Crippen LogP contribution in [0.5, 0.6) is 5.75 Å². The van der Waals surface area contributed by atoms with Crippen LogP contribution in [0.3, 0.4) is 0 Å². The monoisotopic (exact) mass is 284 g/mol. The zero-order valence-electron chi connectivity index (χ0n) is 8.78. The molecule has 0 radical (unpaired) electrons. The van der Waals surface area contributed by atoms with E-state index in [4.69, 9.17) is 9.84 Å². The van der Waals surface area contributed by atoms with Crippen LogP contribution in [-0.2, 0) is 11.2 Å². The van der Waals surface area contributed by atoms with Gasteiger partial charge in [-0.2, -0.15) is 0 Å². The largest absolute Gasteiger partial charge is 0.493 e. The molecule has 0 spiro atoms. The van der Waals surface area contributed by atoms with Crippen LogP contribution in [0.15, 0.2) is 22.7 Å². The van der Waals surface area contributed by atoms with Crippen molar-refractivity contribution >= 4 is 21.9 Å². The van der Waals surface area contributed by atoms with E-state index < -0.39 is 5.97 Å². The SMILES string of the molecule is O=C(O)Cc1cc(Br)ccc1OCC1CC1. The highest BCUT2D eigenvalue weighted by Gasteiger charge is 2.22. The fourth-order valence-electron chi connectivity index (χ4n) is 1.48. The van der Waals surface area contributed by atoms with E-state index in [0.29, 0.717) is 18.3 Å². The van der Waals surface area contributed by atoms with Crippen LogP contribution in [0.1, 0.15) is 18.4 Å². The van der Waals surface area contributed by atoms with E-state index in [1.54, 1.807) is 6.07 Å². The zero-order chi connectivity index (χ0) is 11.5. The van der Waals surface area contributed by atoms with Crippen molar-refractivity contribution in [3.8, 4) is 5.75 Å². The summed E-state index contributed by atoms with van der Waals surface area (Å²) >= 11 is 3.33. The zero-order valence-corrected chi connectivity index (χ0v) is 10.4. The van der Waals surface area contributed by atoms with E-state index in [-0.39, 0.29) is 6.42 Å². The Morgan fingerprint density at radius 2 is 2.25 bits per heavy atom. The molecular formula is C12H13BrO3. The van der Waals surface area contributed by atoms with Gasteiger partial charge in [0.05, 0.1) is 13.0 Å². The molecule has 86 valence electrons. The number of hydrogen-bond acceptors (Lipinski definition) is 2. The first-order valence-electron chi connectivity index (χ1n) is 5.28. The lowest BCUT2D eigenvalue weighted by molar-refractivity contribution is -0.136. The Morgan fingerprint density at radius 3 is 2.88 bits per heavy atom. The number of halogens is 1. The number of carboxylic acids is 1. The van der Waals surface area contributed by atoms with Crippen LogP contribution in [0.2, 0.25) is 0 Å².